The molecule has 0 spiro atoms. The van der Waals surface area contributed by atoms with Crippen molar-refractivity contribution in [2.45, 2.75) is 32.2 Å². The van der Waals surface area contributed by atoms with Crippen LogP contribution in [0.25, 0.3) is 0 Å². The van der Waals surface area contributed by atoms with Crippen LogP contribution < -0.4 is 5.73 Å². The number of aliphatic hydroxyl groups excluding tert-OH is 1. The van der Waals surface area contributed by atoms with E-state index in [4.69, 9.17) is 5.73 Å². The van der Waals surface area contributed by atoms with Crippen molar-refractivity contribution in [2.75, 3.05) is 0 Å². The molecule has 2 heteroatoms. The first-order valence-corrected chi connectivity index (χ1v) is 5.65. The molecule has 3 N–H and O–H groups in total. The molecule has 2 atom stereocenters. The maximum absolute atomic E-state index is 9.59. The number of nitrogens with two attached hydrogens (primary N) is 1. The van der Waals surface area contributed by atoms with Crippen LogP contribution in [0.2, 0.25) is 0 Å². The molecule has 2 aliphatic rings. The van der Waals surface area contributed by atoms with E-state index < -0.39 is 0 Å². The zero-order chi connectivity index (χ0) is 10.9. The summed E-state index contributed by atoms with van der Waals surface area (Å²) >= 11 is 0. The lowest BCUT2D eigenvalue weighted by molar-refractivity contribution is 0.303. The van der Waals surface area contributed by atoms with E-state index in [1.165, 1.54) is 12.8 Å². The second-order valence-electron chi connectivity index (χ2n) is 4.79. The Kier molecular flexibility index (Phi) is 2.70. The molecular formula is C13H19NO. The summed E-state index contributed by atoms with van der Waals surface area (Å²) in [6.45, 7) is 2.00. The number of allylic oxidation sites excluding steroid dienone is 4. The van der Waals surface area contributed by atoms with Crippen molar-refractivity contribution < 1.29 is 5.11 Å². The number of hydrogen-bond donors (Lipinski definition) is 2. The first-order valence-electron chi connectivity index (χ1n) is 5.65. The van der Waals surface area contributed by atoms with Gasteiger partial charge < -0.3 is 10.8 Å². The highest BCUT2D eigenvalue weighted by Crippen LogP contribution is 2.38. The van der Waals surface area contributed by atoms with Gasteiger partial charge in [-0.2, -0.15) is 0 Å². The Bertz CT molecular complexity index is 323. The Morgan fingerprint density at radius 1 is 1.60 bits per heavy atom. The van der Waals surface area contributed by atoms with E-state index >= 15 is 0 Å². The number of rotatable bonds is 3. The second kappa shape index (κ2) is 3.86. The van der Waals surface area contributed by atoms with Crippen molar-refractivity contribution in [2.24, 2.45) is 17.1 Å². The minimum absolute atomic E-state index is 0.0274. The summed E-state index contributed by atoms with van der Waals surface area (Å²) in [7, 11) is 0. The fraction of sp³-hybridized carbons (Fsp3) is 0.538. The number of aliphatic hydroxyl groups is 1. The average molecular weight is 205 g/mol. The molecule has 2 aliphatic carbocycles. The molecule has 82 valence electrons. The summed E-state index contributed by atoms with van der Waals surface area (Å²) < 4.78 is 0. The minimum atomic E-state index is -0.179. The molecule has 0 aromatic carbocycles. The maximum Gasteiger partial charge on any atom is 0.0934 e. The van der Waals surface area contributed by atoms with Crippen molar-refractivity contribution in [3.63, 3.8) is 0 Å². The second-order valence-corrected chi connectivity index (χ2v) is 4.79. The molecule has 0 saturated heterocycles. The van der Waals surface area contributed by atoms with E-state index in [1.54, 1.807) is 6.08 Å². The molecule has 0 heterocycles. The van der Waals surface area contributed by atoms with Crippen molar-refractivity contribution in [3.8, 4) is 0 Å². The van der Waals surface area contributed by atoms with Crippen LogP contribution in [0.1, 0.15) is 26.2 Å². The predicted octanol–water partition coefficient (Wildman–Crippen LogP) is 2.69. The molecule has 0 aliphatic heterocycles. The molecule has 0 bridgehead atoms. The van der Waals surface area contributed by atoms with Crippen molar-refractivity contribution >= 4 is 0 Å². The maximum atomic E-state index is 9.59. The highest BCUT2D eigenvalue weighted by Gasteiger charge is 2.32. The lowest BCUT2D eigenvalue weighted by Crippen LogP contribution is -2.37. The van der Waals surface area contributed by atoms with Gasteiger partial charge in [0, 0.05) is 17.9 Å². The Morgan fingerprint density at radius 2 is 2.33 bits per heavy atom. The Balaban J connectivity index is 2.17. The fourth-order valence-corrected chi connectivity index (χ4v) is 1.95. The quantitative estimate of drug-likeness (QED) is 0.696. The molecule has 2 rings (SSSR count). The van der Waals surface area contributed by atoms with E-state index in [0.29, 0.717) is 12.2 Å². The summed E-state index contributed by atoms with van der Waals surface area (Å²) in [4.78, 5) is 0. The lowest BCUT2D eigenvalue weighted by atomic mass is 9.75. The van der Waals surface area contributed by atoms with Crippen LogP contribution in [-0.2, 0) is 0 Å². The van der Waals surface area contributed by atoms with Crippen LogP contribution in [0.5, 0.6) is 0 Å². The molecule has 1 unspecified atom stereocenters. The van der Waals surface area contributed by atoms with Gasteiger partial charge in [-0.05, 0) is 31.8 Å². The van der Waals surface area contributed by atoms with Gasteiger partial charge in [0.1, 0.15) is 0 Å². The van der Waals surface area contributed by atoms with Gasteiger partial charge in [-0.1, -0.05) is 24.3 Å². The molecule has 15 heavy (non-hydrogen) atoms. The minimum Gasteiger partial charge on any atom is -0.512 e. The Morgan fingerprint density at radius 3 is 2.87 bits per heavy atom. The van der Waals surface area contributed by atoms with Gasteiger partial charge in [-0.15, -0.1) is 0 Å². The van der Waals surface area contributed by atoms with Gasteiger partial charge in [0.25, 0.3) is 0 Å². The van der Waals surface area contributed by atoms with Crippen LogP contribution >= 0.6 is 0 Å². The summed E-state index contributed by atoms with van der Waals surface area (Å²) in [5.74, 6) is 1.18. The average Bonchev–Trinajstić information content (AvgIpc) is 2.98. The SMILES string of the molecule is C[C@H](N)C1(/C=C/C2CC2)C=CC=C(O)C1. The molecule has 0 amide bonds. The van der Waals surface area contributed by atoms with E-state index in [-0.39, 0.29) is 11.5 Å². The molecular weight excluding hydrogens is 186 g/mol. The van der Waals surface area contributed by atoms with Crippen molar-refractivity contribution in [1.29, 1.82) is 0 Å². The van der Waals surface area contributed by atoms with Crippen LogP contribution in [0, 0.1) is 11.3 Å². The molecule has 1 fully saturated rings. The third-order valence-corrected chi connectivity index (χ3v) is 3.33. The van der Waals surface area contributed by atoms with Crippen LogP contribution in [0.15, 0.2) is 36.1 Å². The number of hydrogen-bond acceptors (Lipinski definition) is 2. The van der Waals surface area contributed by atoms with E-state index in [9.17, 15) is 5.11 Å². The molecule has 2 nitrogen and oxygen atoms in total. The van der Waals surface area contributed by atoms with Gasteiger partial charge in [0.05, 0.1) is 5.76 Å². The monoisotopic (exact) mass is 205 g/mol. The standard InChI is InChI=1S/C13H19NO/c1-10(14)13(8-6-11-4-5-11)7-2-3-12(15)9-13/h2-3,6-8,10-11,15H,4-5,9,14H2,1H3/b8-6+/t10-,13?/m0/s1. The van der Waals surface area contributed by atoms with Gasteiger partial charge in [-0.3, -0.25) is 0 Å². The topological polar surface area (TPSA) is 46.2 Å². The third-order valence-electron chi connectivity index (χ3n) is 3.33. The fourth-order valence-electron chi connectivity index (χ4n) is 1.95. The van der Waals surface area contributed by atoms with Crippen molar-refractivity contribution in [3.05, 3.63) is 36.1 Å². The molecule has 0 aromatic rings. The lowest BCUT2D eigenvalue weighted by Gasteiger charge is -2.33. The zero-order valence-electron chi connectivity index (χ0n) is 9.19. The van der Waals surface area contributed by atoms with Gasteiger partial charge in [-0.25, -0.2) is 0 Å². The first kappa shape index (κ1) is 10.5. The van der Waals surface area contributed by atoms with E-state index in [0.717, 1.165) is 5.92 Å². The van der Waals surface area contributed by atoms with E-state index in [2.05, 4.69) is 18.2 Å². The molecule has 0 aromatic heterocycles. The highest BCUT2D eigenvalue weighted by molar-refractivity contribution is 5.27. The van der Waals surface area contributed by atoms with Gasteiger partial charge in [0.15, 0.2) is 0 Å². The smallest absolute Gasteiger partial charge is 0.0934 e. The largest absolute Gasteiger partial charge is 0.512 e. The summed E-state index contributed by atoms with van der Waals surface area (Å²) in [6, 6.07) is 0.0274. The van der Waals surface area contributed by atoms with Crippen LogP contribution in [-0.4, -0.2) is 11.1 Å². The normalized spacial score (nSPS) is 33.1. The third kappa shape index (κ3) is 2.32. The van der Waals surface area contributed by atoms with Crippen LogP contribution in [0.4, 0.5) is 0 Å². The Labute approximate surface area is 91.2 Å². The molecule has 0 radical (unpaired) electrons. The van der Waals surface area contributed by atoms with Crippen molar-refractivity contribution in [1.82, 2.24) is 0 Å². The van der Waals surface area contributed by atoms with Gasteiger partial charge in [0.2, 0.25) is 0 Å². The summed E-state index contributed by atoms with van der Waals surface area (Å²) in [5, 5.41) is 9.59. The first-order chi connectivity index (χ1) is 7.12. The highest BCUT2D eigenvalue weighted by atomic mass is 16.3. The summed E-state index contributed by atoms with van der Waals surface area (Å²) in [5.41, 5.74) is 5.85. The van der Waals surface area contributed by atoms with Crippen LogP contribution in [0.3, 0.4) is 0 Å². The van der Waals surface area contributed by atoms with E-state index in [1.807, 2.05) is 13.0 Å². The summed E-state index contributed by atoms with van der Waals surface area (Å²) in [6.07, 6.45) is 13.4. The van der Waals surface area contributed by atoms with Gasteiger partial charge >= 0.3 is 0 Å². The predicted molar refractivity (Wildman–Crippen MR) is 62.4 cm³/mol. The zero-order valence-corrected chi connectivity index (χ0v) is 9.19. The molecule has 1 saturated carbocycles. The Hall–Kier alpha value is -1.02.